The third-order valence-corrected chi connectivity index (χ3v) is 3.74. The fourth-order valence-electron chi connectivity index (χ4n) is 1.62. The van der Waals surface area contributed by atoms with E-state index in [0.29, 0.717) is 38.2 Å². The van der Waals surface area contributed by atoms with Crippen LogP contribution in [0.1, 0.15) is 19.3 Å². The van der Waals surface area contributed by atoms with E-state index in [1.807, 2.05) is 0 Å². The third kappa shape index (κ3) is 6.23. The van der Waals surface area contributed by atoms with Crippen LogP contribution in [0.4, 0.5) is 0 Å². The van der Waals surface area contributed by atoms with Gasteiger partial charge < -0.3 is 20.9 Å². The van der Waals surface area contributed by atoms with Gasteiger partial charge in [-0.2, -0.15) is 11.8 Å². The highest BCUT2D eigenvalue weighted by molar-refractivity contribution is 7.99. The van der Waals surface area contributed by atoms with Gasteiger partial charge >= 0.3 is 0 Å². The molecule has 1 fully saturated rings. The summed E-state index contributed by atoms with van der Waals surface area (Å²) in [7, 11) is 0. The molecule has 1 aliphatic rings. The van der Waals surface area contributed by atoms with Crippen molar-refractivity contribution >= 4 is 23.6 Å². The van der Waals surface area contributed by atoms with Crippen LogP contribution in [0, 0.1) is 0 Å². The van der Waals surface area contributed by atoms with E-state index < -0.39 is 5.60 Å². The molecule has 18 heavy (non-hydrogen) atoms. The summed E-state index contributed by atoms with van der Waals surface area (Å²) in [5.41, 5.74) is 4.14. The topological polar surface area (TPSA) is 102 Å². The standard InChI is InChI=1S/C11H20N2O4S/c12-9(14)7-18-6-1-10(15)13-8-11(16)2-4-17-5-3-11/h16H,1-8H2,(H2,12,14)(H,13,15). The Morgan fingerprint density at radius 1 is 1.39 bits per heavy atom. The normalized spacial score (nSPS) is 18.3. The molecule has 1 heterocycles. The molecule has 0 aliphatic carbocycles. The van der Waals surface area contributed by atoms with Crippen molar-refractivity contribution in [3.8, 4) is 0 Å². The van der Waals surface area contributed by atoms with Crippen LogP contribution in [0.3, 0.4) is 0 Å². The molecule has 0 bridgehead atoms. The fourth-order valence-corrected chi connectivity index (χ4v) is 2.29. The molecule has 6 nitrogen and oxygen atoms in total. The molecule has 0 atom stereocenters. The number of carbonyl (C=O) groups excluding carboxylic acids is 2. The Kier molecular flexibility index (Phi) is 6.45. The number of nitrogens with two attached hydrogens (primary N) is 1. The van der Waals surface area contributed by atoms with Crippen molar-refractivity contribution in [3.05, 3.63) is 0 Å². The molecule has 1 aliphatic heterocycles. The number of aliphatic hydroxyl groups is 1. The molecule has 2 amide bonds. The van der Waals surface area contributed by atoms with Gasteiger partial charge in [0.2, 0.25) is 11.8 Å². The lowest BCUT2D eigenvalue weighted by molar-refractivity contribution is -0.123. The van der Waals surface area contributed by atoms with Crippen molar-refractivity contribution in [2.75, 3.05) is 31.3 Å². The van der Waals surface area contributed by atoms with Gasteiger partial charge in [-0.15, -0.1) is 0 Å². The number of amides is 2. The largest absolute Gasteiger partial charge is 0.388 e. The molecule has 0 aromatic rings. The van der Waals surface area contributed by atoms with E-state index in [-0.39, 0.29) is 24.1 Å². The van der Waals surface area contributed by atoms with Crippen molar-refractivity contribution in [1.29, 1.82) is 0 Å². The fraction of sp³-hybridized carbons (Fsp3) is 0.818. The van der Waals surface area contributed by atoms with Crippen LogP contribution in [0.25, 0.3) is 0 Å². The molecule has 4 N–H and O–H groups in total. The first kappa shape index (κ1) is 15.3. The van der Waals surface area contributed by atoms with Gasteiger partial charge in [-0.3, -0.25) is 9.59 Å². The number of hydrogen-bond acceptors (Lipinski definition) is 5. The molecule has 1 saturated heterocycles. The number of carbonyl (C=O) groups is 2. The van der Waals surface area contributed by atoms with Gasteiger partial charge in [0.25, 0.3) is 0 Å². The highest BCUT2D eigenvalue weighted by atomic mass is 32.2. The Morgan fingerprint density at radius 2 is 2.06 bits per heavy atom. The van der Waals surface area contributed by atoms with Crippen LogP contribution in [0.5, 0.6) is 0 Å². The maximum Gasteiger partial charge on any atom is 0.227 e. The zero-order valence-electron chi connectivity index (χ0n) is 10.3. The Balaban J connectivity index is 2.10. The minimum absolute atomic E-state index is 0.119. The van der Waals surface area contributed by atoms with Crippen LogP contribution in [-0.2, 0) is 14.3 Å². The summed E-state index contributed by atoms with van der Waals surface area (Å²) < 4.78 is 5.15. The minimum Gasteiger partial charge on any atom is -0.388 e. The van der Waals surface area contributed by atoms with E-state index in [1.165, 1.54) is 11.8 Å². The van der Waals surface area contributed by atoms with Crippen molar-refractivity contribution < 1.29 is 19.4 Å². The highest BCUT2D eigenvalue weighted by Crippen LogP contribution is 2.19. The first-order valence-electron chi connectivity index (χ1n) is 5.95. The van der Waals surface area contributed by atoms with E-state index >= 15 is 0 Å². The molecule has 0 unspecified atom stereocenters. The smallest absolute Gasteiger partial charge is 0.227 e. The van der Waals surface area contributed by atoms with Crippen molar-refractivity contribution in [2.24, 2.45) is 5.73 Å². The Hall–Kier alpha value is -0.790. The maximum absolute atomic E-state index is 11.5. The van der Waals surface area contributed by atoms with Gasteiger partial charge in [0, 0.05) is 44.8 Å². The molecule has 0 aromatic carbocycles. The summed E-state index contributed by atoms with van der Waals surface area (Å²) in [4.78, 5) is 22.0. The second-order valence-electron chi connectivity index (χ2n) is 4.38. The van der Waals surface area contributed by atoms with Gasteiger partial charge in [0.15, 0.2) is 0 Å². The molecule has 104 valence electrons. The summed E-state index contributed by atoms with van der Waals surface area (Å²) in [6.07, 6.45) is 1.41. The predicted molar refractivity (Wildman–Crippen MR) is 69.1 cm³/mol. The Morgan fingerprint density at radius 3 is 2.67 bits per heavy atom. The summed E-state index contributed by atoms with van der Waals surface area (Å²) in [6, 6.07) is 0. The summed E-state index contributed by atoms with van der Waals surface area (Å²) in [5.74, 6) is 0.286. The zero-order chi connectivity index (χ0) is 13.4. The second kappa shape index (κ2) is 7.60. The molecule has 0 aromatic heterocycles. The maximum atomic E-state index is 11.5. The van der Waals surface area contributed by atoms with E-state index in [4.69, 9.17) is 10.5 Å². The number of thioether (sulfide) groups is 1. The third-order valence-electron chi connectivity index (χ3n) is 2.76. The summed E-state index contributed by atoms with van der Waals surface area (Å²) in [6.45, 7) is 1.32. The molecule has 1 rings (SSSR count). The quantitative estimate of drug-likeness (QED) is 0.531. The molecule has 0 spiro atoms. The van der Waals surface area contributed by atoms with Crippen LogP contribution in [0.15, 0.2) is 0 Å². The number of rotatable bonds is 7. The van der Waals surface area contributed by atoms with E-state index in [2.05, 4.69) is 5.32 Å². The van der Waals surface area contributed by atoms with E-state index in [9.17, 15) is 14.7 Å². The highest BCUT2D eigenvalue weighted by Gasteiger charge is 2.29. The zero-order valence-corrected chi connectivity index (χ0v) is 11.1. The molecule has 7 heteroatoms. The lowest BCUT2D eigenvalue weighted by Crippen LogP contribution is -2.46. The van der Waals surface area contributed by atoms with Gasteiger partial charge in [0.05, 0.1) is 11.4 Å². The first-order valence-corrected chi connectivity index (χ1v) is 7.10. The summed E-state index contributed by atoms with van der Waals surface area (Å²) in [5, 5.41) is 12.8. The number of primary amides is 1. The molecular formula is C11H20N2O4S. The average molecular weight is 276 g/mol. The van der Waals surface area contributed by atoms with Crippen LogP contribution in [0.2, 0.25) is 0 Å². The SMILES string of the molecule is NC(=O)CSCCC(=O)NCC1(O)CCOCC1. The van der Waals surface area contributed by atoms with Gasteiger partial charge in [-0.25, -0.2) is 0 Å². The van der Waals surface area contributed by atoms with Gasteiger partial charge in [-0.05, 0) is 0 Å². The van der Waals surface area contributed by atoms with Crippen molar-refractivity contribution in [2.45, 2.75) is 24.9 Å². The molecule has 0 radical (unpaired) electrons. The van der Waals surface area contributed by atoms with Crippen LogP contribution in [-0.4, -0.2) is 53.8 Å². The summed E-state index contributed by atoms with van der Waals surface area (Å²) >= 11 is 1.33. The average Bonchev–Trinajstić information content (AvgIpc) is 2.33. The van der Waals surface area contributed by atoms with Gasteiger partial charge in [-0.1, -0.05) is 0 Å². The Labute approximate surface area is 111 Å². The first-order chi connectivity index (χ1) is 8.52. The monoisotopic (exact) mass is 276 g/mol. The van der Waals surface area contributed by atoms with E-state index in [0.717, 1.165) is 0 Å². The number of hydrogen-bond donors (Lipinski definition) is 3. The van der Waals surface area contributed by atoms with E-state index in [1.54, 1.807) is 0 Å². The molecule has 0 saturated carbocycles. The number of nitrogens with one attached hydrogen (secondary N) is 1. The lowest BCUT2D eigenvalue weighted by atomic mass is 9.94. The van der Waals surface area contributed by atoms with Gasteiger partial charge in [0.1, 0.15) is 0 Å². The van der Waals surface area contributed by atoms with Crippen LogP contribution >= 0.6 is 11.8 Å². The van der Waals surface area contributed by atoms with Crippen molar-refractivity contribution in [1.82, 2.24) is 5.32 Å². The predicted octanol–water partition coefficient (Wildman–Crippen LogP) is -0.747. The van der Waals surface area contributed by atoms with Crippen molar-refractivity contribution in [3.63, 3.8) is 0 Å². The number of ether oxygens (including phenoxy) is 1. The van der Waals surface area contributed by atoms with Crippen LogP contribution < -0.4 is 11.1 Å². The second-order valence-corrected chi connectivity index (χ2v) is 5.49. The Bertz CT molecular complexity index is 293. The lowest BCUT2D eigenvalue weighted by Gasteiger charge is -2.32. The molecular weight excluding hydrogens is 256 g/mol. The minimum atomic E-state index is -0.839.